The number of hydrogen-bond acceptors (Lipinski definition) is 4. The Labute approximate surface area is 167 Å². The molecule has 2 N–H and O–H groups in total. The fraction of sp³-hybridized carbons (Fsp3) is 0.150. The Hall–Kier alpha value is -2.57. The standard InChI is InChI=1S/C20H19ClN4OS/c1-13-10-14(2)19(16(21)11-13)23-18(26)12-27-20-22-17(24-25-20)9-8-15-6-4-3-5-7-15/h3-11H,12H2,1-2H3,(H,23,26)(H,22,24,25)/b9-8+. The van der Waals surface area contributed by atoms with Crippen molar-refractivity contribution in [3.05, 3.63) is 70.0 Å². The summed E-state index contributed by atoms with van der Waals surface area (Å²) in [5.41, 5.74) is 3.72. The molecule has 138 valence electrons. The van der Waals surface area contributed by atoms with Crippen LogP contribution in [0.2, 0.25) is 5.02 Å². The first-order valence-corrected chi connectivity index (χ1v) is 9.72. The quantitative estimate of drug-likeness (QED) is 0.574. The third kappa shape index (κ3) is 5.45. The summed E-state index contributed by atoms with van der Waals surface area (Å²) in [7, 11) is 0. The smallest absolute Gasteiger partial charge is 0.234 e. The highest BCUT2D eigenvalue weighted by Gasteiger charge is 2.11. The highest BCUT2D eigenvalue weighted by molar-refractivity contribution is 7.99. The number of anilines is 1. The molecular weight excluding hydrogens is 380 g/mol. The van der Waals surface area contributed by atoms with E-state index in [1.807, 2.05) is 68.5 Å². The number of aryl methyl sites for hydroxylation is 2. The Balaban J connectivity index is 1.55. The van der Waals surface area contributed by atoms with Crippen molar-refractivity contribution in [2.45, 2.75) is 19.0 Å². The van der Waals surface area contributed by atoms with Crippen molar-refractivity contribution in [2.24, 2.45) is 0 Å². The molecule has 2 aromatic carbocycles. The van der Waals surface area contributed by atoms with E-state index in [-0.39, 0.29) is 11.7 Å². The van der Waals surface area contributed by atoms with Crippen LogP contribution >= 0.6 is 23.4 Å². The second kappa shape index (κ2) is 8.88. The average molecular weight is 399 g/mol. The molecule has 1 aromatic heterocycles. The number of nitrogens with zero attached hydrogens (tertiary/aromatic N) is 2. The maximum Gasteiger partial charge on any atom is 0.234 e. The summed E-state index contributed by atoms with van der Waals surface area (Å²) >= 11 is 7.49. The molecule has 1 amide bonds. The Morgan fingerprint density at radius 2 is 2.00 bits per heavy atom. The van der Waals surface area contributed by atoms with Gasteiger partial charge in [0.15, 0.2) is 0 Å². The Morgan fingerprint density at radius 1 is 1.22 bits per heavy atom. The van der Waals surface area contributed by atoms with Crippen LogP contribution in [0.4, 0.5) is 5.69 Å². The van der Waals surface area contributed by atoms with Gasteiger partial charge in [-0.25, -0.2) is 4.98 Å². The lowest BCUT2D eigenvalue weighted by molar-refractivity contribution is -0.113. The molecule has 0 saturated carbocycles. The number of benzene rings is 2. The predicted molar refractivity (Wildman–Crippen MR) is 112 cm³/mol. The minimum Gasteiger partial charge on any atom is -0.324 e. The summed E-state index contributed by atoms with van der Waals surface area (Å²) in [6.07, 6.45) is 3.80. The van der Waals surface area contributed by atoms with Gasteiger partial charge in [-0.05, 0) is 42.7 Å². The van der Waals surface area contributed by atoms with Gasteiger partial charge in [0.25, 0.3) is 0 Å². The van der Waals surface area contributed by atoms with Gasteiger partial charge in [-0.2, -0.15) is 0 Å². The summed E-state index contributed by atoms with van der Waals surface area (Å²) in [5.74, 6) is 0.683. The zero-order valence-electron chi connectivity index (χ0n) is 15.0. The Kier molecular flexibility index (Phi) is 6.32. The number of hydrogen-bond donors (Lipinski definition) is 2. The third-order valence-electron chi connectivity index (χ3n) is 3.74. The summed E-state index contributed by atoms with van der Waals surface area (Å²) in [6, 6.07) is 13.7. The summed E-state index contributed by atoms with van der Waals surface area (Å²) < 4.78 is 0. The van der Waals surface area contributed by atoms with Crippen LogP contribution in [0.1, 0.15) is 22.5 Å². The van der Waals surface area contributed by atoms with Gasteiger partial charge < -0.3 is 5.32 Å². The van der Waals surface area contributed by atoms with E-state index in [9.17, 15) is 4.79 Å². The highest BCUT2D eigenvalue weighted by atomic mass is 35.5. The molecule has 1 heterocycles. The lowest BCUT2D eigenvalue weighted by Gasteiger charge is -2.11. The molecule has 27 heavy (non-hydrogen) atoms. The monoisotopic (exact) mass is 398 g/mol. The summed E-state index contributed by atoms with van der Waals surface area (Å²) in [6.45, 7) is 3.88. The minimum atomic E-state index is -0.153. The molecule has 0 bridgehead atoms. The Bertz CT molecular complexity index is 946. The van der Waals surface area contributed by atoms with Crippen LogP contribution in [0.5, 0.6) is 0 Å². The molecule has 0 radical (unpaired) electrons. The zero-order valence-corrected chi connectivity index (χ0v) is 16.6. The fourth-order valence-corrected chi connectivity index (χ4v) is 3.49. The van der Waals surface area contributed by atoms with Gasteiger partial charge in [-0.3, -0.25) is 9.89 Å². The average Bonchev–Trinajstić information content (AvgIpc) is 3.10. The molecule has 0 unspecified atom stereocenters. The molecule has 0 aliphatic heterocycles. The number of amides is 1. The molecule has 0 aliphatic rings. The zero-order chi connectivity index (χ0) is 19.2. The molecule has 0 atom stereocenters. The number of aromatic nitrogens is 3. The van der Waals surface area contributed by atoms with E-state index in [4.69, 9.17) is 11.6 Å². The second-order valence-corrected chi connectivity index (χ2v) is 7.37. The number of thioether (sulfide) groups is 1. The van der Waals surface area contributed by atoms with E-state index in [0.717, 1.165) is 16.7 Å². The van der Waals surface area contributed by atoms with Crippen molar-refractivity contribution in [3.8, 4) is 0 Å². The van der Waals surface area contributed by atoms with Crippen molar-refractivity contribution in [1.82, 2.24) is 15.2 Å². The summed E-state index contributed by atoms with van der Waals surface area (Å²) in [5, 5.41) is 10.9. The first-order chi connectivity index (χ1) is 13.0. The van der Waals surface area contributed by atoms with Gasteiger partial charge in [0.1, 0.15) is 5.82 Å². The van der Waals surface area contributed by atoms with Crippen molar-refractivity contribution in [1.29, 1.82) is 0 Å². The highest BCUT2D eigenvalue weighted by Crippen LogP contribution is 2.27. The van der Waals surface area contributed by atoms with E-state index >= 15 is 0 Å². The number of carbonyl (C=O) groups excluding carboxylic acids is 1. The van der Waals surface area contributed by atoms with E-state index in [1.54, 1.807) is 0 Å². The van der Waals surface area contributed by atoms with Gasteiger partial charge in [0.05, 0.1) is 16.5 Å². The van der Waals surface area contributed by atoms with E-state index in [0.29, 0.717) is 21.7 Å². The number of nitrogens with one attached hydrogen (secondary N) is 2. The van der Waals surface area contributed by atoms with Crippen molar-refractivity contribution in [2.75, 3.05) is 11.1 Å². The predicted octanol–water partition coefficient (Wildman–Crippen LogP) is 4.98. The van der Waals surface area contributed by atoms with E-state index in [2.05, 4.69) is 20.5 Å². The maximum absolute atomic E-state index is 12.2. The molecule has 5 nitrogen and oxygen atoms in total. The van der Waals surface area contributed by atoms with E-state index in [1.165, 1.54) is 11.8 Å². The topological polar surface area (TPSA) is 70.7 Å². The molecule has 7 heteroatoms. The molecule has 0 aliphatic carbocycles. The molecule has 0 spiro atoms. The van der Waals surface area contributed by atoms with Crippen molar-refractivity contribution >= 4 is 47.1 Å². The van der Waals surface area contributed by atoms with Crippen LogP contribution in [-0.2, 0) is 4.79 Å². The summed E-state index contributed by atoms with van der Waals surface area (Å²) in [4.78, 5) is 16.6. The SMILES string of the molecule is Cc1cc(C)c(NC(=O)CSc2n[nH]c(/C=C/c3ccccc3)n2)c(Cl)c1. The lowest BCUT2D eigenvalue weighted by Crippen LogP contribution is -2.15. The minimum absolute atomic E-state index is 0.153. The molecule has 0 saturated heterocycles. The number of aromatic amines is 1. The van der Waals surface area contributed by atoms with Gasteiger partial charge in [0, 0.05) is 0 Å². The van der Waals surface area contributed by atoms with Gasteiger partial charge in [0.2, 0.25) is 11.1 Å². The second-order valence-electron chi connectivity index (χ2n) is 6.02. The van der Waals surface area contributed by atoms with Crippen LogP contribution in [-0.4, -0.2) is 26.8 Å². The fourth-order valence-electron chi connectivity index (χ4n) is 2.52. The van der Waals surface area contributed by atoms with Crippen molar-refractivity contribution < 1.29 is 4.79 Å². The lowest BCUT2D eigenvalue weighted by atomic mass is 10.1. The number of rotatable bonds is 6. The van der Waals surface area contributed by atoms with E-state index < -0.39 is 0 Å². The van der Waals surface area contributed by atoms with Gasteiger partial charge in [-0.15, -0.1) is 5.10 Å². The maximum atomic E-state index is 12.2. The van der Waals surface area contributed by atoms with Crippen LogP contribution in [0.15, 0.2) is 47.6 Å². The van der Waals surface area contributed by atoms with Gasteiger partial charge >= 0.3 is 0 Å². The molecule has 0 fully saturated rings. The Morgan fingerprint density at radius 3 is 2.74 bits per heavy atom. The molecular formula is C20H19ClN4OS. The molecule has 3 rings (SSSR count). The van der Waals surface area contributed by atoms with Crippen LogP contribution < -0.4 is 5.32 Å². The van der Waals surface area contributed by atoms with Crippen LogP contribution in [0.25, 0.3) is 12.2 Å². The third-order valence-corrected chi connectivity index (χ3v) is 4.89. The van der Waals surface area contributed by atoms with Crippen LogP contribution in [0.3, 0.4) is 0 Å². The normalized spacial score (nSPS) is 11.1. The largest absolute Gasteiger partial charge is 0.324 e. The molecule has 3 aromatic rings. The number of H-pyrrole nitrogens is 1. The van der Waals surface area contributed by atoms with Gasteiger partial charge in [-0.1, -0.05) is 65.8 Å². The van der Waals surface area contributed by atoms with Crippen LogP contribution in [0, 0.1) is 13.8 Å². The van der Waals surface area contributed by atoms with Crippen molar-refractivity contribution in [3.63, 3.8) is 0 Å². The first-order valence-electron chi connectivity index (χ1n) is 8.36. The first kappa shape index (κ1) is 19.2. The number of carbonyl (C=O) groups is 1. The number of halogens is 1.